The lowest BCUT2D eigenvalue weighted by Crippen LogP contribution is -2.56. The Bertz CT molecular complexity index is 1570. The second-order valence-electron chi connectivity index (χ2n) is 11.7. The molecule has 2 N–H and O–H groups in total. The van der Waals surface area contributed by atoms with E-state index in [1.165, 1.54) is 7.05 Å². The lowest BCUT2D eigenvalue weighted by molar-refractivity contribution is -0.174. The molecule has 9 nitrogen and oxygen atoms in total. The Morgan fingerprint density at radius 3 is 2.61 bits per heavy atom. The molecule has 200 valence electrons. The van der Waals surface area contributed by atoms with Gasteiger partial charge in [0.1, 0.15) is 19.6 Å². The van der Waals surface area contributed by atoms with Crippen LogP contribution in [0.25, 0.3) is 22.3 Å². The monoisotopic (exact) mass is 535 g/mol. The highest BCUT2D eigenvalue weighted by Crippen LogP contribution is 2.51. The molecule has 0 fully saturated rings. The number of phenols is 1. The van der Waals surface area contributed by atoms with Crippen molar-refractivity contribution in [3.8, 4) is 17.1 Å². The minimum absolute atomic E-state index is 0.0939. The zero-order chi connectivity index (χ0) is 27.8. The molecule has 38 heavy (non-hydrogen) atoms. The Labute approximate surface area is 221 Å². The molecule has 2 aromatic heterocycles. The Balaban J connectivity index is 1.83. The van der Waals surface area contributed by atoms with Gasteiger partial charge in [0, 0.05) is 23.6 Å². The van der Waals surface area contributed by atoms with Crippen LogP contribution in [0.3, 0.4) is 0 Å². The molecule has 3 aromatic rings. The summed E-state index contributed by atoms with van der Waals surface area (Å²) in [6.07, 6.45) is -0.693. The van der Waals surface area contributed by atoms with Crippen molar-refractivity contribution >= 4 is 31.0 Å². The van der Waals surface area contributed by atoms with Crippen LogP contribution in [-0.2, 0) is 26.4 Å². The summed E-state index contributed by atoms with van der Waals surface area (Å²) < 4.78 is 13.5. The minimum atomic E-state index is -2.47. The van der Waals surface area contributed by atoms with Crippen LogP contribution in [0.2, 0.25) is 18.1 Å². The maximum Gasteiger partial charge on any atom is 0.408 e. The van der Waals surface area contributed by atoms with Gasteiger partial charge in [-0.3, -0.25) is 4.79 Å². The van der Waals surface area contributed by atoms with Crippen LogP contribution in [0.15, 0.2) is 35.1 Å². The number of pyridine rings is 2. The number of nitrogens with zero attached hydrogens (tertiary/aromatic N) is 2. The molecule has 2 aliphatic heterocycles. The average molecular weight is 536 g/mol. The average Bonchev–Trinajstić information content (AvgIpc) is 3.21. The second kappa shape index (κ2) is 8.42. The zero-order valence-electron chi connectivity index (χ0n) is 22.8. The Hall–Kier alpha value is -3.66. The van der Waals surface area contributed by atoms with E-state index in [2.05, 4.69) is 39.2 Å². The van der Waals surface area contributed by atoms with Gasteiger partial charge in [-0.1, -0.05) is 40.8 Å². The first-order valence-corrected chi connectivity index (χ1v) is 15.9. The molecule has 0 bridgehead atoms. The fourth-order valence-corrected chi connectivity index (χ4v) is 7.50. The normalized spacial score (nSPS) is 20.4. The lowest BCUT2D eigenvalue weighted by atomic mass is 9.85. The topological polar surface area (TPSA) is 120 Å². The van der Waals surface area contributed by atoms with Gasteiger partial charge in [-0.2, -0.15) is 0 Å². The van der Waals surface area contributed by atoms with Crippen molar-refractivity contribution in [3.05, 3.63) is 57.4 Å². The third-order valence-electron chi connectivity index (χ3n) is 8.60. The number of nitrogens with one attached hydrogen (secondary N) is 1. The number of fused-ring (bicyclic) bond motifs is 5. The predicted molar refractivity (Wildman–Crippen MR) is 146 cm³/mol. The van der Waals surface area contributed by atoms with E-state index in [1.807, 2.05) is 6.07 Å². The van der Waals surface area contributed by atoms with E-state index < -0.39 is 31.5 Å². The van der Waals surface area contributed by atoms with Crippen LogP contribution in [-0.4, -0.2) is 41.8 Å². The summed E-state index contributed by atoms with van der Waals surface area (Å²) in [5.41, 5.74) is 0.645. The molecular weight excluding hydrogens is 502 g/mol. The molecule has 10 heteroatoms. The standard InChI is InChI=1S/C28H33N3O6Si/c1-8-28(37-26(35)29-5)18-13-20-22-16(11-15-12-17(32)9-10-19(15)30-22)14-31(20)23(33)21(18)24(36-25(28)34)38(6,7)27(2,3)4/h9-13,24,32H,8,14H2,1-7H3,(H,29,35). The van der Waals surface area contributed by atoms with Gasteiger partial charge in [0.15, 0.2) is 0 Å². The van der Waals surface area contributed by atoms with E-state index in [1.54, 1.807) is 35.8 Å². The molecule has 0 spiro atoms. The van der Waals surface area contributed by atoms with Crippen molar-refractivity contribution < 1.29 is 24.2 Å². The Morgan fingerprint density at radius 2 is 1.97 bits per heavy atom. The highest BCUT2D eigenvalue weighted by atomic mass is 28.3. The second-order valence-corrected chi connectivity index (χ2v) is 17.2. The third-order valence-corrected chi connectivity index (χ3v) is 14.2. The van der Waals surface area contributed by atoms with Crippen LogP contribution in [0.5, 0.6) is 5.75 Å². The SMILES string of the molecule is CCC1(OC(=O)NC)C(=O)OC([Si](C)(C)C(C)(C)C)c2c1cc1n(c2=O)Cc2cc3cc(O)ccc3nc2-1. The number of amides is 1. The van der Waals surface area contributed by atoms with Crippen molar-refractivity contribution in [1.29, 1.82) is 0 Å². The van der Waals surface area contributed by atoms with Gasteiger partial charge >= 0.3 is 12.1 Å². The van der Waals surface area contributed by atoms with Crippen molar-refractivity contribution in [2.75, 3.05) is 7.05 Å². The number of hydrogen-bond donors (Lipinski definition) is 2. The van der Waals surface area contributed by atoms with Crippen molar-refractivity contribution in [1.82, 2.24) is 14.9 Å². The van der Waals surface area contributed by atoms with Crippen LogP contribution in [0.1, 0.15) is 56.5 Å². The van der Waals surface area contributed by atoms with E-state index in [-0.39, 0.29) is 22.8 Å². The first kappa shape index (κ1) is 26.0. The number of cyclic esters (lactones) is 1. The van der Waals surface area contributed by atoms with Crippen molar-refractivity contribution in [2.45, 2.75) is 70.1 Å². The number of aromatic nitrogens is 2. The molecule has 2 unspecified atom stereocenters. The molecule has 2 aliphatic rings. The summed E-state index contributed by atoms with van der Waals surface area (Å²) in [7, 11) is -1.05. The van der Waals surface area contributed by atoms with Gasteiger partial charge in [0.05, 0.1) is 29.0 Å². The van der Waals surface area contributed by atoms with Crippen LogP contribution >= 0.6 is 0 Å². The molecule has 5 rings (SSSR count). The highest BCUT2D eigenvalue weighted by molar-refractivity contribution is 6.81. The molecular formula is C28H33N3O6Si. The Morgan fingerprint density at radius 1 is 1.26 bits per heavy atom. The number of aromatic hydroxyl groups is 1. The molecule has 0 saturated heterocycles. The quantitative estimate of drug-likeness (QED) is 0.287. The third kappa shape index (κ3) is 3.57. The largest absolute Gasteiger partial charge is 0.508 e. The number of hydrogen-bond acceptors (Lipinski definition) is 7. The van der Waals surface area contributed by atoms with Crippen LogP contribution in [0, 0.1) is 0 Å². The van der Waals surface area contributed by atoms with Gasteiger partial charge in [-0.15, -0.1) is 0 Å². The number of carbonyl (C=O) groups excluding carboxylic acids is 2. The van der Waals surface area contributed by atoms with Gasteiger partial charge in [0.25, 0.3) is 5.56 Å². The van der Waals surface area contributed by atoms with E-state index >= 15 is 0 Å². The van der Waals surface area contributed by atoms with Gasteiger partial charge in [-0.05, 0) is 41.8 Å². The van der Waals surface area contributed by atoms with Gasteiger partial charge in [0.2, 0.25) is 5.60 Å². The minimum Gasteiger partial charge on any atom is -0.508 e. The fourth-order valence-electron chi connectivity index (χ4n) is 5.31. The van der Waals surface area contributed by atoms with E-state index in [0.29, 0.717) is 34.6 Å². The summed E-state index contributed by atoms with van der Waals surface area (Å²) in [5, 5.41) is 12.9. The smallest absolute Gasteiger partial charge is 0.408 e. The molecule has 0 saturated carbocycles. The maximum absolute atomic E-state index is 14.3. The van der Waals surface area contributed by atoms with Gasteiger partial charge in [-0.25, -0.2) is 14.6 Å². The number of phenolic OH excluding ortho intramolecular Hbond substituents is 1. The molecule has 1 aromatic carbocycles. The highest BCUT2D eigenvalue weighted by Gasteiger charge is 2.58. The van der Waals surface area contributed by atoms with Gasteiger partial charge < -0.3 is 24.5 Å². The summed E-state index contributed by atoms with van der Waals surface area (Å²) in [5.74, 6) is -0.537. The fraction of sp³-hybridized carbons (Fsp3) is 0.429. The van der Waals surface area contributed by atoms with Crippen molar-refractivity contribution in [3.63, 3.8) is 0 Å². The van der Waals surface area contributed by atoms with E-state index in [0.717, 1.165) is 10.9 Å². The molecule has 0 radical (unpaired) electrons. The lowest BCUT2D eigenvalue weighted by Gasteiger charge is -2.47. The summed E-state index contributed by atoms with van der Waals surface area (Å²) in [6, 6.07) is 8.63. The number of ether oxygens (including phenoxy) is 2. The molecule has 4 heterocycles. The summed E-state index contributed by atoms with van der Waals surface area (Å²) >= 11 is 0. The number of esters is 1. The summed E-state index contributed by atoms with van der Waals surface area (Å²) in [4.78, 5) is 45.4. The maximum atomic E-state index is 14.3. The van der Waals surface area contributed by atoms with Crippen LogP contribution < -0.4 is 10.9 Å². The Kier molecular flexibility index (Phi) is 5.75. The molecule has 0 aliphatic carbocycles. The number of benzene rings is 1. The summed E-state index contributed by atoms with van der Waals surface area (Å²) in [6.45, 7) is 12.5. The number of carbonyl (C=O) groups is 2. The first-order valence-electron chi connectivity index (χ1n) is 12.8. The molecule has 1 amide bonds. The van der Waals surface area contributed by atoms with E-state index in [9.17, 15) is 19.5 Å². The molecule has 2 atom stereocenters. The van der Waals surface area contributed by atoms with Crippen LogP contribution in [0.4, 0.5) is 4.79 Å². The predicted octanol–water partition coefficient (Wildman–Crippen LogP) is 4.74. The van der Waals surface area contributed by atoms with Crippen molar-refractivity contribution in [2.24, 2.45) is 0 Å². The number of rotatable bonds is 3. The van der Waals surface area contributed by atoms with E-state index in [4.69, 9.17) is 14.5 Å². The first-order chi connectivity index (χ1) is 17.7. The number of alkyl carbamates (subject to hydrolysis) is 1. The zero-order valence-corrected chi connectivity index (χ0v) is 23.8.